The van der Waals surface area contributed by atoms with Gasteiger partial charge in [0.2, 0.25) is 5.91 Å². The number of halogens is 1. The maximum atomic E-state index is 11.5. The van der Waals surface area contributed by atoms with Crippen molar-refractivity contribution in [3.63, 3.8) is 0 Å². The van der Waals surface area contributed by atoms with E-state index in [-0.39, 0.29) is 17.7 Å². The maximum Gasteiger partial charge on any atom is 0.237 e. The van der Waals surface area contributed by atoms with Crippen LogP contribution >= 0.6 is 22.9 Å². The predicted octanol–water partition coefficient (Wildman–Crippen LogP) is 1.08. The molecule has 2 aliphatic rings. The van der Waals surface area contributed by atoms with Crippen molar-refractivity contribution in [2.75, 3.05) is 0 Å². The van der Waals surface area contributed by atoms with Gasteiger partial charge in [-0.3, -0.25) is 7.91 Å². The van der Waals surface area contributed by atoms with Crippen LogP contribution in [0.5, 0.6) is 0 Å². The molecule has 1 N–H and O–H groups in total. The van der Waals surface area contributed by atoms with Crippen molar-refractivity contribution in [3.8, 4) is 0 Å². The van der Waals surface area contributed by atoms with Crippen LogP contribution in [0.3, 0.4) is 0 Å². The van der Waals surface area contributed by atoms with Crippen LogP contribution in [0.15, 0.2) is 12.2 Å². The standard InChI is InChI=1S/C8H10INO2/c9-10-7(11)5-3-1-2-4-6(5)8(10)12/h1-2,5-7,11H,3-4H2. The number of amides is 1. The Balaban J connectivity index is 2.25. The van der Waals surface area contributed by atoms with E-state index in [1.807, 2.05) is 35.0 Å². The van der Waals surface area contributed by atoms with Crippen LogP contribution in [-0.2, 0) is 4.79 Å². The van der Waals surface area contributed by atoms with Crippen LogP contribution in [0.2, 0.25) is 0 Å². The second kappa shape index (κ2) is 2.99. The Hall–Kier alpha value is -0.100. The fourth-order valence-corrected chi connectivity index (χ4v) is 2.68. The average Bonchev–Trinajstić information content (AvgIpc) is 2.33. The van der Waals surface area contributed by atoms with Crippen LogP contribution in [0, 0.1) is 11.8 Å². The molecule has 1 aliphatic carbocycles. The largest absolute Gasteiger partial charge is 0.372 e. The van der Waals surface area contributed by atoms with Crippen molar-refractivity contribution in [2.24, 2.45) is 11.8 Å². The van der Waals surface area contributed by atoms with E-state index in [1.54, 1.807) is 0 Å². The van der Waals surface area contributed by atoms with E-state index in [0.717, 1.165) is 12.8 Å². The lowest BCUT2D eigenvalue weighted by Gasteiger charge is -2.20. The van der Waals surface area contributed by atoms with Crippen LogP contribution in [0.4, 0.5) is 0 Å². The van der Waals surface area contributed by atoms with E-state index in [4.69, 9.17) is 0 Å². The Morgan fingerprint density at radius 3 is 2.83 bits per heavy atom. The molecule has 1 fully saturated rings. The van der Waals surface area contributed by atoms with Crippen LogP contribution in [0.25, 0.3) is 0 Å². The van der Waals surface area contributed by atoms with Crippen molar-refractivity contribution < 1.29 is 9.90 Å². The molecule has 4 heteroatoms. The third kappa shape index (κ3) is 1.08. The van der Waals surface area contributed by atoms with Crippen molar-refractivity contribution in [3.05, 3.63) is 12.2 Å². The second-order valence-corrected chi connectivity index (χ2v) is 4.32. The van der Waals surface area contributed by atoms with Gasteiger partial charge in [-0.1, -0.05) is 12.2 Å². The fraction of sp³-hybridized carbons (Fsp3) is 0.625. The molecule has 0 radical (unpaired) electrons. The molecule has 66 valence electrons. The first-order chi connectivity index (χ1) is 5.72. The SMILES string of the molecule is O=C1C2CC=CCC2C(O)N1I. The zero-order valence-electron chi connectivity index (χ0n) is 6.48. The molecule has 3 unspecified atom stereocenters. The number of rotatable bonds is 0. The van der Waals surface area contributed by atoms with Gasteiger partial charge in [-0.2, -0.15) is 0 Å². The molecule has 0 aromatic heterocycles. The smallest absolute Gasteiger partial charge is 0.237 e. The van der Waals surface area contributed by atoms with Gasteiger partial charge in [-0.15, -0.1) is 0 Å². The van der Waals surface area contributed by atoms with E-state index in [9.17, 15) is 9.90 Å². The number of carbonyl (C=O) groups is 1. The highest BCUT2D eigenvalue weighted by Crippen LogP contribution is 2.39. The highest BCUT2D eigenvalue weighted by atomic mass is 127. The summed E-state index contributed by atoms with van der Waals surface area (Å²) in [5, 5.41) is 9.63. The number of fused-ring (bicyclic) bond motifs is 1. The van der Waals surface area contributed by atoms with Gasteiger partial charge < -0.3 is 5.11 Å². The number of allylic oxidation sites excluding steroid dienone is 2. The molecular formula is C8H10INO2. The topological polar surface area (TPSA) is 40.5 Å². The van der Waals surface area contributed by atoms with Gasteiger partial charge in [-0.05, 0) is 12.8 Å². The number of nitrogens with zero attached hydrogens (tertiary/aromatic N) is 1. The zero-order chi connectivity index (χ0) is 8.72. The van der Waals surface area contributed by atoms with Gasteiger partial charge in [-0.25, -0.2) is 0 Å². The third-order valence-electron chi connectivity index (χ3n) is 2.62. The lowest BCUT2D eigenvalue weighted by Crippen LogP contribution is -2.25. The van der Waals surface area contributed by atoms with E-state index < -0.39 is 6.23 Å². The molecule has 1 aliphatic heterocycles. The van der Waals surface area contributed by atoms with Crippen molar-refractivity contribution in [1.29, 1.82) is 0 Å². The lowest BCUT2D eigenvalue weighted by atomic mass is 9.85. The quantitative estimate of drug-likeness (QED) is 0.409. The number of aliphatic hydroxyl groups excluding tert-OH is 1. The van der Waals surface area contributed by atoms with Crippen LogP contribution in [-0.4, -0.2) is 20.4 Å². The Morgan fingerprint density at radius 1 is 1.50 bits per heavy atom. The molecule has 0 spiro atoms. The maximum absolute atomic E-state index is 11.5. The summed E-state index contributed by atoms with van der Waals surface area (Å²) in [5.74, 6) is 0.235. The fourth-order valence-electron chi connectivity index (χ4n) is 1.91. The molecule has 1 saturated heterocycles. The van der Waals surface area contributed by atoms with Gasteiger partial charge >= 0.3 is 0 Å². The van der Waals surface area contributed by atoms with Crippen molar-refractivity contribution >= 4 is 28.8 Å². The minimum absolute atomic E-state index is 0.0295. The number of carbonyl (C=O) groups excluding carboxylic acids is 1. The zero-order valence-corrected chi connectivity index (χ0v) is 8.64. The summed E-state index contributed by atoms with van der Waals surface area (Å²) in [6.45, 7) is 0. The van der Waals surface area contributed by atoms with Gasteiger partial charge in [0.1, 0.15) is 6.23 Å². The molecule has 0 aromatic rings. The number of hydrogen-bond acceptors (Lipinski definition) is 2. The minimum Gasteiger partial charge on any atom is -0.372 e. The number of aliphatic hydroxyl groups is 1. The number of hydrogen-bond donors (Lipinski definition) is 1. The monoisotopic (exact) mass is 279 g/mol. The first-order valence-electron chi connectivity index (χ1n) is 4.03. The Morgan fingerprint density at radius 2 is 2.17 bits per heavy atom. The van der Waals surface area contributed by atoms with Gasteiger partial charge in [0.25, 0.3) is 0 Å². The summed E-state index contributed by atoms with van der Waals surface area (Å²) in [6.07, 6.45) is 5.12. The van der Waals surface area contributed by atoms with Gasteiger partial charge in [0, 0.05) is 11.8 Å². The third-order valence-corrected chi connectivity index (χ3v) is 3.67. The minimum atomic E-state index is -0.576. The second-order valence-electron chi connectivity index (χ2n) is 3.28. The summed E-state index contributed by atoms with van der Waals surface area (Å²) in [7, 11) is 0. The van der Waals surface area contributed by atoms with Gasteiger partial charge in [0.15, 0.2) is 0 Å². The van der Waals surface area contributed by atoms with Crippen molar-refractivity contribution in [2.45, 2.75) is 19.1 Å². The van der Waals surface area contributed by atoms with Gasteiger partial charge in [0.05, 0.1) is 22.9 Å². The molecule has 0 saturated carbocycles. The molecular weight excluding hydrogens is 269 g/mol. The predicted molar refractivity (Wildman–Crippen MR) is 52.2 cm³/mol. The van der Waals surface area contributed by atoms with E-state index in [2.05, 4.69) is 0 Å². The van der Waals surface area contributed by atoms with E-state index in [1.165, 1.54) is 3.11 Å². The van der Waals surface area contributed by atoms with Crippen LogP contribution < -0.4 is 0 Å². The summed E-state index contributed by atoms with van der Waals surface area (Å²) in [5.41, 5.74) is 0. The Kier molecular flexibility index (Phi) is 2.12. The highest BCUT2D eigenvalue weighted by molar-refractivity contribution is 14.1. The molecule has 2 rings (SSSR count). The average molecular weight is 279 g/mol. The molecule has 3 atom stereocenters. The van der Waals surface area contributed by atoms with E-state index >= 15 is 0 Å². The molecule has 0 bridgehead atoms. The first-order valence-corrected chi connectivity index (χ1v) is 5.00. The molecule has 0 aromatic carbocycles. The highest BCUT2D eigenvalue weighted by Gasteiger charge is 2.46. The lowest BCUT2D eigenvalue weighted by molar-refractivity contribution is -0.127. The summed E-state index contributed by atoms with van der Waals surface area (Å²) in [6, 6.07) is 0. The van der Waals surface area contributed by atoms with Crippen LogP contribution in [0.1, 0.15) is 12.8 Å². The molecule has 12 heavy (non-hydrogen) atoms. The summed E-state index contributed by atoms with van der Waals surface area (Å²) in [4.78, 5) is 11.5. The Labute approximate surface area is 84.9 Å². The van der Waals surface area contributed by atoms with E-state index in [0.29, 0.717) is 0 Å². The molecule has 1 amide bonds. The Bertz CT molecular complexity index is 241. The molecule has 1 heterocycles. The normalized spacial score (nSPS) is 40.3. The summed E-state index contributed by atoms with van der Waals surface area (Å²) >= 11 is 1.89. The van der Waals surface area contributed by atoms with Crippen molar-refractivity contribution in [1.82, 2.24) is 3.11 Å². The summed E-state index contributed by atoms with van der Waals surface area (Å²) < 4.78 is 1.43. The molecule has 3 nitrogen and oxygen atoms in total. The first kappa shape index (κ1) is 8.50.